The summed E-state index contributed by atoms with van der Waals surface area (Å²) in [4.78, 5) is 37.2. The van der Waals surface area contributed by atoms with Gasteiger partial charge in [-0.15, -0.1) is 0 Å². The molecule has 0 spiro atoms. The molecule has 0 unspecified atom stereocenters. The highest BCUT2D eigenvalue weighted by molar-refractivity contribution is 6.32. The van der Waals surface area contributed by atoms with E-state index in [1.54, 1.807) is 54.6 Å². The van der Waals surface area contributed by atoms with Crippen LogP contribution in [0.1, 0.15) is 33.9 Å². The largest absolute Gasteiger partial charge is 0.455 e. The molecule has 3 aromatic rings. The van der Waals surface area contributed by atoms with E-state index in [4.69, 9.17) is 21.6 Å². The first-order valence-electron chi connectivity index (χ1n) is 10.0. The Hall–Kier alpha value is -4.15. The molecule has 2 N–H and O–H groups in total. The summed E-state index contributed by atoms with van der Waals surface area (Å²) in [6.45, 7) is -0.509. The van der Waals surface area contributed by atoms with Crippen LogP contribution in [0.15, 0.2) is 78.9 Å². The first-order valence-corrected chi connectivity index (χ1v) is 10.4. The predicted molar refractivity (Wildman–Crippen MR) is 123 cm³/mol. The van der Waals surface area contributed by atoms with Gasteiger partial charge in [0.2, 0.25) is 0 Å². The Kier molecular flexibility index (Phi) is 8.17. The van der Waals surface area contributed by atoms with Crippen LogP contribution in [0.5, 0.6) is 0 Å². The van der Waals surface area contributed by atoms with Crippen LogP contribution in [0.2, 0.25) is 5.02 Å². The van der Waals surface area contributed by atoms with Crippen molar-refractivity contribution >= 4 is 35.1 Å². The van der Waals surface area contributed by atoms with E-state index in [-0.39, 0.29) is 22.9 Å². The van der Waals surface area contributed by atoms with E-state index in [0.717, 1.165) is 5.56 Å². The quantitative estimate of drug-likeness (QED) is 0.487. The summed E-state index contributed by atoms with van der Waals surface area (Å²) in [5, 5.41) is 14.5. The van der Waals surface area contributed by atoms with E-state index < -0.39 is 24.5 Å². The van der Waals surface area contributed by atoms with Gasteiger partial charge in [0.15, 0.2) is 6.61 Å². The zero-order valence-corrected chi connectivity index (χ0v) is 18.2. The van der Waals surface area contributed by atoms with Crippen molar-refractivity contribution in [3.63, 3.8) is 0 Å². The fourth-order valence-corrected chi connectivity index (χ4v) is 3.24. The highest BCUT2D eigenvalue weighted by Crippen LogP contribution is 2.21. The summed E-state index contributed by atoms with van der Waals surface area (Å²) >= 11 is 5.95. The first kappa shape index (κ1) is 23.5. The SMILES string of the molecule is N#Cc1ccc(NC(=O)COC(=O)C[C@@H](NC(=O)c2ccccc2)c2ccccc2)cc1Cl. The predicted octanol–water partition coefficient (Wildman–Crippen LogP) is 4.25. The molecule has 0 aromatic heterocycles. The maximum absolute atomic E-state index is 12.6. The van der Waals surface area contributed by atoms with Crippen LogP contribution in [0.4, 0.5) is 5.69 Å². The Morgan fingerprint density at radius 1 is 0.970 bits per heavy atom. The van der Waals surface area contributed by atoms with Gasteiger partial charge in [-0.2, -0.15) is 5.26 Å². The minimum Gasteiger partial charge on any atom is -0.455 e. The summed E-state index contributed by atoms with van der Waals surface area (Å²) in [5.41, 5.74) is 1.85. The minimum absolute atomic E-state index is 0.154. The van der Waals surface area contributed by atoms with Crippen LogP contribution in [0, 0.1) is 11.3 Å². The number of carbonyl (C=O) groups excluding carboxylic acids is 3. The van der Waals surface area contributed by atoms with Crippen molar-refractivity contribution in [1.82, 2.24) is 5.32 Å². The van der Waals surface area contributed by atoms with Crippen molar-refractivity contribution < 1.29 is 19.1 Å². The lowest BCUT2D eigenvalue weighted by molar-refractivity contribution is -0.147. The van der Waals surface area contributed by atoms with E-state index >= 15 is 0 Å². The summed E-state index contributed by atoms with van der Waals surface area (Å²) in [5.74, 6) is -1.54. The van der Waals surface area contributed by atoms with E-state index in [0.29, 0.717) is 11.3 Å². The molecule has 3 rings (SSSR count). The molecule has 0 radical (unpaired) electrons. The minimum atomic E-state index is -0.648. The molecular formula is C25H20ClN3O4. The second-order valence-electron chi connectivity index (χ2n) is 7.02. The number of halogens is 1. The Morgan fingerprint density at radius 3 is 2.27 bits per heavy atom. The lowest BCUT2D eigenvalue weighted by Gasteiger charge is -2.19. The number of carbonyl (C=O) groups is 3. The molecule has 166 valence electrons. The van der Waals surface area contributed by atoms with Crippen LogP contribution < -0.4 is 10.6 Å². The molecule has 0 bridgehead atoms. The lowest BCUT2D eigenvalue weighted by Crippen LogP contribution is -2.31. The van der Waals surface area contributed by atoms with E-state index in [1.165, 1.54) is 18.2 Å². The van der Waals surface area contributed by atoms with E-state index in [1.807, 2.05) is 12.1 Å². The number of ether oxygens (including phenoxy) is 1. The van der Waals surface area contributed by atoms with E-state index in [2.05, 4.69) is 10.6 Å². The average Bonchev–Trinajstić information content (AvgIpc) is 2.83. The van der Waals surface area contributed by atoms with Crippen molar-refractivity contribution in [2.45, 2.75) is 12.5 Å². The molecular weight excluding hydrogens is 442 g/mol. The Balaban J connectivity index is 1.59. The Bertz CT molecular complexity index is 1180. The number of hydrogen-bond acceptors (Lipinski definition) is 5. The molecule has 0 saturated heterocycles. The number of rotatable bonds is 8. The Labute approximate surface area is 195 Å². The van der Waals surface area contributed by atoms with Gasteiger partial charge in [0, 0.05) is 11.3 Å². The highest BCUT2D eigenvalue weighted by Gasteiger charge is 2.20. The van der Waals surface area contributed by atoms with Crippen molar-refractivity contribution in [1.29, 1.82) is 5.26 Å². The topological polar surface area (TPSA) is 108 Å². The summed E-state index contributed by atoms with van der Waals surface area (Å²) in [6, 6.07) is 23.4. The normalized spacial score (nSPS) is 11.0. The van der Waals surface area contributed by atoms with Gasteiger partial charge in [-0.05, 0) is 35.9 Å². The number of nitrogens with zero attached hydrogens (tertiary/aromatic N) is 1. The van der Waals surface area contributed by atoms with Crippen LogP contribution in [0.25, 0.3) is 0 Å². The van der Waals surface area contributed by atoms with Gasteiger partial charge >= 0.3 is 5.97 Å². The van der Waals surface area contributed by atoms with Crippen LogP contribution in [-0.2, 0) is 14.3 Å². The second kappa shape index (κ2) is 11.5. The molecule has 0 fully saturated rings. The maximum Gasteiger partial charge on any atom is 0.308 e. The molecule has 0 saturated carbocycles. The first-order chi connectivity index (χ1) is 16.0. The number of anilines is 1. The fraction of sp³-hybridized carbons (Fsp3) is 0.120. The maximum atomic E-state index is 12.6. The number of esters is 1. The molecule has 3 aromatic carbocycles. The zero-order chi connectivity index (χ0) is 23.6. The van der Waals surface area contributed by atoms with Gasteiger partial charge in [0.1, 0.15) is 6.07 Å². The summed E-state index contributed by atoms with van der Waals surface area (Å²) < 4.78 is 5.10. The van der Waals surface area contributed by atoms with Crippen molar-refractivity contribution in [3.8, 4) is 6.07 Å². The third-order valence-electron chi connectivity index (χ3n) is 4.65. The van der Waals surface area contributed by atoms with Crippen molar-refractivity contribution in [3.05, 3.63) is 101 Å². The van der Waals surface area contributed by atoms with Gasteiger partial charge in [-0.1, -0.05) is 60.1 Å². The molecule has 1 atom stereocenters. The molecule has 0 aliphatic carbocycles. The van der Waals surface area contributed by atoms with Gasteiger partial charge in [-0.3, -0.25) is 14.4 Å². The average molecular weight is 462 g/mol. The zero-order valence-electron chi connectivity index (χ0n) is 17.5. The summed E-state index contributed by atoms with van der Waals surface area (Å²) in [7, 11) is 0. The van der Waals surface area contributed by atoms with Gasteiger partial charge in [0.25, 0.3) is 11.8 Å². The molecule has 0 aliphatic heterocycles. The molecule has 0 heterocycles. The molecule has 33 heavy (non-hydrogen) atoms. The standard InChI is InChI=1S/C25H20ClN3O4/c26-21-13-20(12-11-19(21)15-27)28-23(30)16-33-24(31)14-22(17-7-3-1-4-8-17)29-25(32)18-9-5-2-6-10-18/h1-13,22H,14,16H2,(H,28,30)(H,29,32)/t22-/m1/s1. The molecule has 7 nitrogen and oxygen atoms in total. The smallest absolute Gasteiger partial charge is 0.308 e. The van der Waals surface area contributed by atoms with E-state index in [9.17, 15) is 14.4 Å². The number of nitriles is 1. The van der Waals surface area contributed by atoms with Gasteiger partial charge in [-0.25, -0.2) is 0 Å². The number of nitrogens with one attached hydrogen (secondary N) is 2. The molecule has 8 heteroatoms. The third-order valence-corrected chi connectivity index (χ3v) is 4.96. The van der Waals surface area contributed by atoms with Crippen LogP contribution >= 0.6 is 11.6 Å². The number of amides is 2. The van der Waals surface area contributed by atoms with Crippen LogP contribution in [0.3, 0.4) is 0 Å². The summed E-state index contributed by atoms with van der Waals surface area (Å²) in [6.07, 6.45) is -0.154. The number of benzene rings is 3. The van der Waals surface area contributed by atoms with Crippen LogP contribution in [-0.4, -0.2) is 24.4 Å². The van der Waals surface area contributed by atoms with Gasteiger partial charge < -0.3 is 15.4 Å². The van der Waals surface area contributed by atoms with Crippen molar-refractivity contribution in [2.24, 2.45) is 0 Å². The lowest BCUT2D eigenvalue weighted by atomic mass is 10.0. The number of hydrogen-bond donors (Lipinski definition) is 2. The highest BCUT2D eigenvalue weighted by atomic mass is 35.5. The second-order valence-corrected chi connectivity index (χ2v) is 7.43. The van der Waals surface area contributed by atoms with Crippen molar-refractivity contribution in [2.75, 3.05) is 11.9 Å². The third kappa shape index (κ3) is 6.92. The van der Waals surface area contributed by atoms with Gasteiger partial charge in [0.05, 0.1) is 23.0 Å². The monoisotopic (exact) mass is 461 g/mol. The Morgan fingerprint density at radius 2 is 1.64 bits per heavy atom. The fourth-order valence-electron chi connectivity index (χ4n) is 3.02. The molecule has 2 amide bonds. The molecule has 0 aliphatic rings.